The summed E-state index contributed by atoms with van der Waals surface area (Å²) < 4.78 is 0. The van der Waals surface area contributed by atoms with Gasteiger partial charge in [0.1, 0.15) is 0 Å². The van der Waals surface area contributed by atoms with Gasteiger partial charge in [-0.2, -0.15) is 0 Å². The van der Waals surface area contributed by atoms with Crippen LogP contribution in [0.2, 0.25) is 0 Å². The first-order valence-corrected chi connectivity index (χ1v) is 7.05. The Labute approximate surface area is 115 Å². The van der Waals surface area contributed by atoms with E-state index in [1.807, 2.05) is 41.3 Å². The van der Waals surface area contributed by atoms with Gasteiger partial charge in [0.25, 0.3) is 0 Å². The van der Waals surface area contributed by atoms with Crippen molar-refractivity contribution in [2.45, 2.75) is 31.7 Å². The van der Waals surface area contributed by atoms with E-state index >= 15 is 0 Å². The Balaban J connectivity index is 1.99. The average molecular weight is 258 g/mol. The molecule has 3 nitrogen and oxygen atoms in total. The van der Waals surface area contributed by atoms with Crippen LogP contribution in [-0.2, 0) is 4.79 Å². The predicted molar refractivity (Wildman–Crippen MR) is 78.5 cm³/mol. The third kappa shape index (κ3) is 3.93. The lowest BCUT2D eigenvalue weighted by Crippen LogP contribution is -2.43. The molecular weight excluding hydrogens is 236 g/mol. The molecule has 0 spiro atoms. The Bertz CT molecular complexity index is 426. The predicted octanol–water partition coefficient (Wildman–Crippen LogP) is 2.43. The highest BCUT2D eigenvalue weighted by atomic mass is 16.2. The Morgan fingerprint density at radius 2 is 2.11 bits per heavy atom. The van der Waals surface area contributed by atoms with Crippen molar-refractivity contribution in [2.75, 3.05) is 13.1 Å². The summed E-state index contributed by atoms with van der Waals surface area (Å²) >= 11 is 0. The number of hydrogen-bond acceptors (Lipinski definition) is 2. The fourth-order valence-corrected chi connectivity index (χ4v) is 2.61. The number of carbonyl (C=O) groups is 1. The second-order valence-electron chi connectivity index (χ2n) is 5.00. The second kappa shape index (κ2) is 7.10. The Kier molecular flexibility index (Phi) is 5.16. The molecule has 1 aliphatic heterocycles. The van der Waals surface area contributed by atoms with Gasteiger partial charge in [0.15, 0.2) is 0 Å². The number of nitrogens with zero attached hydrogens (tertiary/aromatic N) is 1. The van der Waals surface area contributed by atoms with Gasteiger partial charge >= 0.3 is 0 Å². The summed E-state index contributed by atoms with van der Waals surface area (Å²) in [6, 6.07) is 10.2. The highest BCUT2D eigenvalue weighted by molar-refractivity contribution is 5.92. The van der Waals surface area contributed by atoms with Gasteiger partial charge in [-0.1, -0.05) is 30.3 Å². The normalized spacial score (nSPS) is 19.8. The minimum Gasteiger partial charge on any atom is -0.336 e. The molecule has 102 valence electrons. The molecule has 1 atom stereocenters. The molecule has 0 aliphatic carbocycles. The van der Waals surface area contributed by atoms with Crippen LogP contribution in [0.15, 0.2) is 36.4 Å². The molecule has 0 radical (unpaired) electrons. The Morgan fingerprint density at radius 1 is 1.32 bits per heavy atom. The summed E-state index contributed by atoms with van der Waals surface area (Å²) in [6.07, 6.45) is 7.87. The van der Waals surface area contributed by atoms with Crippen molar-refractivity contribution < 1.29 is 4.79 Å². The van der Waals surface area contributed by atoms with E-state index < -0.39 is 0 Å². The summed E-state index contributed by atoms with van der Waals surface area (Å²) in [5.41, 5.74) is 6.69. The van der Waals surface area contributed by atoms with Gasteiger partial charge < -0.3 is 10.6 Å². The van der Waals surface area contributed by atoms with E-state index in [0.717, 1.165) is 31.4 Å². The highest BCUT2D eigenvalue weighted by Gasteiger charge is 2.24. The van der Waals surface area contributed by atoms with Crippen LogP contribution in [0.1, 0.15) is 31.2 Å². The largest absolute Gasteiger partial charge is 0.336 e. The third-order valence-electron chi connectivity index (χ3n) is 3.63. The van der Waals surface area contributed by atoms with Crippen molar-refractivity contribution in [3.05, 3.63) is 42.0 Å². The summed E-state index contributed by atoms with van der Waals surface area (Å²) in [7, 11) is 0. The average Bonchev–Trinajstić information content (AvgIpc) is 2.47. The van der Waals surface area contributed by atoms with E-state index in [2.05, 4.69) is 0 Å². The van der Waals surface area contributed by atoms with E-state index in [0.29, 0.717) is 12.6 Å². The fraction of sp³-hybridized carbons (Fsp3) is 0.438. The highest BCUT2D eigenvalue weighted by Crippen LogP contribution is 2.19. The van der Waals surface area contributed by atoms with Crippen LogP contribution < -0.4 is 5.73 Å². The van der Waals surface area contributed by atoms with Crippen LogP contribution in [0.4, 0.5) is 0 Å². The van der Waals surface area contributed by atoms with Gasteiger partial charge in [0.05, 0.1) is 0 Å². The van der Waals surface area contributed by atoms with Gasteiger partial charge in [0.2, 0.25) is 5.91 Å². The third-order valence-corrected chi connectivity index (χ3v) is 3.63. The maximum absolute atomic E-state index is 12.3. The SMILES string of the molecule is NCCC1CCCCN1C(=O)/C=C/c1ccccc1. The minimum absolute atomic E-state index is 0.113. The van der Waals surface area contributed by atoms with Crippen LogP contribution >= 0.6 is 0 Å². The van der Waals surface area contributed by atoms with E-state index in [-0.39, 0.29) is 5.91 Å². The van der Waals surface area contributed by atoms with Crippen molar-refractivity contribution in [3.8, 4) is 0 Å². The quantitative estimate of drug-likeness (QED) is 0.843. The molecule has 1 saturated heterocycles. The number of likely N-dealkylation sites (tertiary alicyclic amines) is 1. The standard InChI is InChI=1S/C16H22N2O/c17-12-11-15-8-4-5-13-18(15)16(19)10-9-14-6-2-1-3-7-14/h1-3,6-7,9-10,15H,4-5,8,11-13,17H2/b10-9+. The molecule has 2 N–H and O–H groups in total. The van der Waals surface area contributed by atoms with E-state index in [9.17, 15) is 4.79 Å². The first-order chi connectivity index (χ1) is 9.31. The molecule has 1 heterocycles. The first kappa shape index (κ1) is 13.8. The molecule has 0 saturated carbocycles. The topological polar surface area (TPSA) is 46.3 Å². The number of hydrogen-bond donors (Lipinski definition) is 1. The van der Waals surface area contributed by atoms with Crippen molar-refractivity contribution in [1.82, 2.24) is 4.90 Å². The van der Waals surface area contributed by atoms with Gasteiger partial charge in [-0.3, -0.25) is 4.79 Å². The molecule has 2 rings (SSSR count). The lowest BCUT2D eigenvalue weighted by atomic mass is 9.99. The van der Waals surface area contributed by atoms with E-state index in [1.165, 1.54) is 6.42 Å². The van der Waals surface area contributed by atoms with Crippen molar-refractivity contribution in [1.29, 1.82) is 0 Å². The number of amides is 1. The summed E-state index contributed by atoms with van der Waals surface area (Å²) in [6.45, 7) is 1.51. The van der Waals surface area contributed by atoms with Crippen LogP contribution in [0, 0.1) is 0 Å². The number of carbonyl (C=O) groups excluding carboxylic acids is 1. The monoisotopic (exact) mass is 258 g/mol. The van der Waals surface area contributed by atoms with E-state index in [4.69, 9.17) is 5.73 Å². The fourth-order valence-electron chi connectivity index (χ4n) is 2.61. The van der Waals surface area contributed by atoms with Crippen LogP contribution in [0.5, 0.6) is 0 Å². The molecular formula is C16H22N2O. The van der Waals surface area contributed by atoms with Crippen molar-refractivity contribution >= 4 is 12.0 Å². The van der Waals surface area contributed by atoms with Gasteiger partial charge in [-0.25, -0.2) is 0 Å². The zero-order valence-electron chi connectivity index (χ0n) is 11.3. The van der Waals surface area contributed by atoms with Crippen LogP contribution in [0.3, 0.4) is 0 Å². The molecule has 1 amide bonds. The lowest BCUT2D eigenvalue weighted by molar-refractivity contribution is -0.129. The molecule has 1 aliphatic rings. The molecule has 0 aromatic heterocycles. The molecule has 1 unspecified atom stereocenters. The second-order valence-corrected chi connectivity index (χ2v) is 5.00. The zero-order chi connectivity index (χ0) is 13.5. The van der Waals surface area contributed by atoms with E-state index in [1.54, 1.807) is 6.08 Å². The molecule has 1 fully saturated rings. The number of rotatable bonds is 4. The molecule has 1 aromatic rings. The zero-order valence-corrected chi connectivity index (χ0v) is 11.3. The summed E-state index contributed by atoms with van der Waals surface area (Å²) in [4.78, 5) is 14.2. The number of nitrogens with two attached hydrogens (primary N) is 1. The minimum atomic E-state index is 0.113. The first-order valence-electron chi connectivity index (χ1n) is 7.05. The maximum atomic E-state index is 12.3. The Hall–Kier alpha value is -1.61. The van der Waals surface area contributed by atoms with Crippen molar-refractivity contribution in [2.24, 2.45) is 5.73 Å². The summed E-state index contributed by atoms with van der Waals surface area (Å²) in [5.74, 6) is 0.113. The lowest BCUT2D eigenvalue weighted by Gasteiger charge is -2.35. The number of benzene rings is 1. The van der Waals surface area contributed by atoms with Crippen molar-refractivity contribution in [3.63, 3.8) is 0 Å². The maximum Gasteiger partial charge on any atom is 0.246 e. The molecule has 19 heavy (non-hydrogen) atoms. The molecule has 3 heteroatoms. The molecule has 0 bridgehead atoms. The Morgan fingerprint density at radius 3 is 2.84 bits per heavy atom. The van der Waals surface area contributed by atoms with Crippen LogP contribution in [-0.4, -0.2) is 29.9 Å². The molecule has 1 aromatic carbocycles. The van der Waals surface area contributed by atoms with Gasteiger partial charge in [0, 0.05) is 18.7 Å². The smallest absolute Gasteiger partial charge is 0.246 e. The van der Waals surface area contributed by atoms with Gasteiger partial charge in [-0.15, -0.1) is 0 Å². The summed E-state index contributed by atoms with van der Waals surface area (Å²) in [5, 5.41) is 0. The van der Waals surface area contributed by atoms with Crippen LogP contribution in [0.25, 0.3) is 6.08 Å². The van der Waals surface area contributed by atoms with Gasteiger partial charge in [-0.05, 0) is 43.9 Å². The number of piperidine rings is 1.